The Morgan fingerprint density at radius 2 is 2.43 bits per heavy atom. The molecule has 6 nitrogen and oxygen atoms in total. The van der Waals surface area contributed by atoms with Crippen LogP contribution in [0.2, 0.25) is 0 Å². The quantitative estimate of drug-likeness (QED) is 0.491. The van der Waals surface area contributed by atoms with Gasteiger partial charge in [0.2, 0.25) is 0 Å². The Morgan fingerprint density at radius 3 is 3.00 bits per heavy atom. The minimum atomic E-state index is -0.530. The minimum Gasteiger partial charge on any atom is -0.466 e. The molecule has 0 aliphatic rings. The zero-order valence-electron chi connectivity index (χ0n) is 7.48. The molecule has 0 amide bonds. The third-order valence-electron chi connectivity index (χ3n) is 1.47. The molecule has 0 aliphatic heterocycles. The number of carbonyl (C=O) groups excluding carboxylic acids is 1. The van der Waals surface area contributed by atoms with Gasteiger partial charge in [-0.1, -0.05) is 0 Å². The first-order valence-corrected chi connectivity index (χ1v) is 3.74. The number of methoxy groups -OCH3 is 1. The Balaban J connectivity index is 2.92. The van der Waals surface area contributed by atoms with E-state index < -0.39 is 11.7 Å². The SMILES string of the molecule is COC(=O)/C=C/c1c[nH]c(=O)nc1N. The first-order chi connectivity index (χ1) is 6.63. The van der Waals surface area contributed by atoms with Crippen molar-refractivity contribution in [3.63, 3.8) is 0 Å². The summed E-state index contributed by atoms with van der Waals surface area (Å²) in [6.07, 6.45) is 3.96. The van der Waals surface area contributed by atoms with E-state index in [-0.39, 0.29) is 5.82 Å². The van der Waals surface area contributed by atoms with Gasteiger partial charge in [-0.3, -0.25) is 0 Å². The molecule has 6 heteroatoms. The highest BCUT2D eigenvalue weighted by Crippen LogP contribution is 2.05. The van der Waals surface area contributed by atoms with Crippen molar-refractivity contribution in [1.29, 1.82) is 0 Å². The predicted molar refractivity (Wildman–Crippen MR) is 50.3 cm³/mol. The second kappa shape index (κ2) is 4.22. The topological polar surface area (TPSA) is 98.1 Å². The molecule has 1 aromatic heterocycles. The molecule has 74 valence electrons. The number of carbonyl (C=O) groups is 1. The first-order valence-electron chi connectivity index (χ1n) is 3.74. The zero-order chi connectivity index (χ0) is 10.6. The van der Waals surface area contributed by atoms with Crippen LogP contribution in [0.15, 0.2) is 17.1 Å². The van der Waals surface area contributed by atoms with Crippen LogP contribution in [-0.4, -0.2) is 23.0 Å². The Bertz CT molecular complexity index is 422. The predicted octanol–water partition coefficient (Wildman–Crippen LogP) is -0.462. The summed E-state index contributed by atoms with van der Waals surface area (Å²) in [5.74, 6) is -0.440. The molecule has 0 aliphatic carbocycles. The van der Waals surface area contributed by atoms with Gasteiger partial charge in [-0.25, -0.2) is 9.59 Å². The summed E-state index contributed by atoms with van der Waals surface area (Å²) < 4.78 is 4.38. The Kier molecular flexibility index (Phi) is 3.01. The van der Waals surface area contributed by atoms with Gasteiger partial charge in [0.05, 0.1) is 7.11 Å². The summed E-state index contributed by atoms with van der Waals surface area (Å²) in [6.45, 7) is 0. The van der Waals surface area contributed by atoms with Crippen LogP contribution < -0.4 is 11.4 Å². The van der Waals surface area contributed by atoms with Gasteiger partial charge in [0.1, 0.15) is 5.82 Å². The summed E-state index contributed by atoms with van der Waals surface area (Å²) in [6, 6.07) is 0. The molecule has 0 unspecified atom stereocenters. The van der Waals surface area contributed by atoms with E-state index in [0.29, 0.717) is 5.56 Å². The molecule has 0 spiro atoms. The van der Waals surface area contributed by atoms with Crippen molar-refractivity contribution in [2.45, 2.75) is 0 Å². The molecule has 3 N–H and O–H groups in total. The molecular formula is C8H9N3O3. The van der Waals surface area contributed by atoms with Crippen LogP contribution in [0.5, 0.6) is 0 Å². The number of nitrogens with two attached hydrogens (primary N) is 1. The van der Waals surface area contributed by atoms with E-state index in [4.69, 9.17) is 5.73 Å². The van der Waals surface area contributed by atoms with Crippen molar-refractivity contribution in [2.24, 2.45) is 0 Å². The van der Waals surface area contributed by atoms with Gasteiger partial charge in [-0.2, -0.15) is 4.98 Å². The lowest BCUT2D eigenvalue weighted by atomic mass is 10.3. The lowest BCUT2D eigenvalue weighted by molar-refractivity contribution is -0.134. The number of nitrogens with one attached hydrogen (secondary N) is 1. The highest BCUT2D eigenvalue weighted by molar-refractivity contribution is 5.87. The second-order valence-electron chi connectivity index (χ2n) is 2.40. The zero-order valence-corrected chi connectivity index (χ0v) is 7.48. The van der Waals surface area contributed by atoms with Crippen LogP contribution in [0, 0.1) is 0 Å². The Hall–Kier alpha value is -2.11. The average Bonchev–Trinajstić information content (AvgIpc) is 2.16. The van der Waals surface area contributed by atoms with E-state index in [1.54, 1.807) is 0 Å². The third kappa shape index (κ3) is 2.44. The number of aromatic nitrogens is 2. The van der Waals surface area contributed by atoms with E-state index >= 15 is 0 Å². The van der Waals surface area contributed by atoms with Crippen LogP contribution in [0.4, 0.5) is 5.82 Å². The molecule has 0 fully saturated rings. The molecule has 0 atom stereocenters. The Morgan fingerprint density at radius 1 is 1.71 bits per heavy atom. The molecule has 1 heterocycles. The molecule has 14 heavy (non-hydrogen) atoms. The molecular weight excluding hydrogens is 186 g/mol. The van der Waals surface area contributed by atoms with Crippen LogP contribution in [0.1, 0.15) is 5.56 Å². The maximum atomic E-state index is 10.7. The Labute approximate surface area is 79.4 Å². The van der Waals surface area contributed by atoms with E-state index in [1.165, 1.54) is 25.5 Å². The summed E-state index contributed by atoms with van der Waals surface area (Å²) in [4.78, 5) is 27.2. The molecule has 1 aromatic rings. The second-order valence-corrected chi connectivity index (χ2v) is 2.40. The number of rotatable bonds is 2. The summed E-state index contributed by atoms with van der Waals surface area (Å²) in [5.41, 5.74) is 5.34. The number of anilines is 1. The van der Waals surface area contributed by atoms with Crippen molar-refractivity contribution in [3.8, 4) is 0 Å². The number of H-pyrrole nitrogens is 1. The fraction of sp³-hybridized carbons (Fsp3) is 0.125. The summed E-state index contributed by atoms with van der Waals surface area (Å²) in [7, 11) is 1.27. The molecule has 0 radical (unpaired) electrons. The van der Waals surface area contributed by atoms with Crippen LogP contribution in [0.3, 0.4) is 0 Å². The fourth-order valence-electron chi connectivity index (χ4n) is 0.779. The molecule has 0 saturated carbocycles. The number of nitrogens with zero attached hydrogens (tertiary/aromatic N) is 1. The van der Waals surface area contributed by atoms with Gasteiger partial charge < -0.3 is 15.5 Å². The van der Waals surface area contributed by atoms with Crippen LogP contribution >= 0.6 is 0 Å². The van der Waals surface area contributed by atoms with Gasteiger partial charge in [-0.05, 0) is 6.08 Å². The minimum absolute atomic E-state index is 0.0638. The highest BCUT2D eigenvalue weighted by atomic mass is 16.5. The molecule has 0 aromatic carbocycles. The van der Waals surface area contributed by atoms with Gasteiger partial charge in [0.25, 0.3) is 0 Å². The van der Waals surface area contributed by atoms with E-state index in [1.807, 2.05) is 0 Å². The summed E-state index contributed by atoms with van der Waals surface area (Å²) >= 11 is 0. The maximum Gasteiger partial charge on any atom is 0.346 e. The average molecular weight is 195 g/mol. The number of hydrogen-bond acceptors (Lipinski definition) is 5. The van der Waals surface area contributed by atoms with Crippen molar-refractivity contribution < 1.29 is 9.53 Å². The molecule has 0 saturated heterocycles. The smallest absolute Gasteiger partial charge is 0.346 e. The van der Waals surface area contributed by atoms with Crippen LogP contribution in [0.25, 0.3) is 6.08 Å². The van der Waals surface area contributed by atoms with Gasteiger partial charge in [0.15, 0.2) is 0 Å². The highest BCUT2D eigenvalue weighted by Gasteiger charge is 1.98. The third-order valence-corrected chi connectivity index (χ3v) is 1.47. The van der Waals surface area contributed by atoms with Crippen LogP contribution in [-0.2, 0) is 9.53 Å². The van der Waals surface area contributed by atoms with Crippen molar-refractivity contribution in [1.82, 2.24) is 9.97 Å². The van der Waals surface area contributed by atoms with Crippen molar-refractivity contribution >= 4 is 17.9 Å². The number of nitrogen functional groups attached to an aromatic ring is 1. The fourth-order valence-corrected chi connectivity index (χ4v) is 0.779. The van der Waals surface area contributed by atoms with Gasteiger partial charge >= 0.3 is 11.7 Å². The van der Waals surface area contributed by atoms with E-state index in [0.717, 1.165) is 0 Å². The number of ether oxygens (including phenoxy) is 1. The van der Waals surface area contributed by atoms with E-state index in [9.17, 15) is 9.59 Å². The normalized spacial score (nSPS) is 10.4. The maximum absolute atomic E-state index is 10.7. The van der Waals surface area contributed by atoms with Crippen molar-refractivity contribution in [3.05, 3.63) is 28.3 Å². The number of esters is 1. The first kappa shape index (κ1) is 9.97. The summed E-state index contributed by atoms with van der Waals surface area (Å²) in [5, 5.41) is 0. The molecule has 1 rings (SSSR count). The standard InChI is InChI=1S/C8H9N3O3/c1-14-6(12)3-2-5-4-10-8(13)11-7(5)9/h2-4H,1H3,(H3,9,10,11,13)/b3-2+. The monoisotopic (exact) mass is 195 g/mol. The van der Waals surface area contributed by atoms with Gasteiger partial charge in [-0.15, -0.1) is 0 Å². The lowest BCUT2D eigenvalue weighted by Crippen LogP contribution is -2.12. The largest absolute Gasteiger partial charge is 0.466 e. The van der Waals surface area contributed by atoms with Gasteiger partial charge in [0, 0.05) is 17.8 Å². The number of aromatic amines is 1. The molecule has 0 bridgehead atoms. The van der Waals surface area contributed by atoms with E-state index in [2.05, 4.69) is 14.7 Å². The van der Waals surface area contributed by atoms with Crippen molar-refractivity contribution in [2.75, 3.05) is 12.8 Å². The lowest BCUT2D eigenvalue weighted by Gasteiger charge is -1.96. The number of hydrogen-bond donors (Lipinski definition) is 2.